The minimum Gasteiger partial charge on any atom is -0.493 e. The molecule has 0 saturated carbocycles. The zero-order valence-electron chi connectivity index (χ0n) is 13.5. The highest BCUT2D eigenvalue weighted by molar-refractivity contribution is 5.81. The molecule has 0 bridgehead atoms. The number of nitrogens with one attached hydrogen (secondary N) is 1. The van der Waals surface area contributed by atoms with Crippen LogP contribution in [-0.2, 0) is 4.79 Å². The minimum absolute atomic E-state index is 0.142. The van der Waals surface area contributed by atoms with Gasteiger partial charge in [-0.3, -0.25) is 4.79 Å². The highest BCUT2D eigenvalue weighted by Gasteiger charge is 2.15. The normalized spacial score (nSPS) is 13.7. The lowest BCUT2D eigenvalue weighted by Crippen LogP contribution is -2.39. The van der Waals surface area contributed by atoms with E-state index in [2.05, 4.69) is 19.2 Å². The Bertz CT molecular complexity index is 473. The predicted molar refractivity (Wildman–Crippen MR) is 83.5 cm³/mol. The fourth-order valence-electron chi connectivity index (χ4n) is 1.76. The summed E-state index contributed by atoms with van der Waals surface area (Å²) in [5.41, 5.74) is 6.50. The van der Waals surface area contributed by atoms with E-state index >= 15 is 0 Å². The summed E-state index contributed by atoms with van der Waals surface area (Å²) in [7, 11) is 1.60. The summed E-state index contributed by atoms with van der Waals surface area (Å²) in [4.78, 5) is 11.6. The zero-order valence-corrected chi connectivity index (χ0v) is 13.5. The van der Waals surface area contributed by atoms with Gasteiger partial charge in [0.1, 0.15) is 0 Å². The van der Waals surface area contributed by atoms with Crippen LogP contribution < -0.4 is 20.5 Å². The molecule has 3 N–H and O–H groups in total. The van der Waals surface area contributed by atoms with Gasteiger partial charge in [-0.05, 0) is 37.5 Å². The molecule has 5 nitrogen and oxygen atoms in total. The van der Waals surface area contributed by atoms with E-state index in [1.165, 1.54) is 0 Å². The van der Waals surface area contributed by atoms with E-state index in [9.17, 15) is 4.79 Å². The Morgan fingerprint density at radius 2 is 1.90 bits per heavy atom. The maximum atomic E-state index is 11.6. The Kier molecular flexibility index (Phi) is 6.49. The summed E-state index contributed by atoms with van der Waals surface area (Å²) in [6.45, 7) is 8.38. The Labute approximate surface area is 126 Å². The van der Waals surface area contributed by atoms with Crippen molar-refractivity contribution >= 4 is 5.91 Å². The van der Waals surface area contributed by atoms with Crippen LogP contribution in [0.2, 0.25) is 0 Å². The molecule has 1 unspecified atom stereocenters. The molecule has 21 heavy (non-hydrogen) atoms. The van der Waals surface area contributed by atoms with Gasteiger partial charge in [0.15, 0.2) is 11.5 Å². The van der Waals surface area contributed by atoms with Crippen LogP contribution in [0.4, 0.5) is 0 Å². The van der Waals surface area contributed by atoms with Crippen molar-refractivity contribution in [1.29, 1.82) is 0 Å². The van der Waals surface area contributed by atoms with Gasteiger partial charge in [-0.2, -0.15) is 0 Å². The molecule has 0 saturated heterocycles. The first-order chi connectivity index (χ1) is 9.85. The van der Waals surface area contributed by atoms with Crippen molar-refractivity contribution in [3.63, 3.8) is 0 Å². The molecule has 0 aliphatic rings. The monoisotopic (exact) mass is 294 g/mol. The topological polar surface area (TPSA) is 73.6 Å². The van der Waals surface area contributed by atoms with Gasteiger partial charge in [0.2, 0.25) is 5.91 Å². The van der Waals surface area contributed by atoms with Crippen LogP contribution in [0.5, 0.6) is 11.5 Å². The van der Waals surface area contributed by atoms with E-state index in [0.29, 0.717) is 24.0 Å². The van der Waals surface area contributed by atoms with E-state index in [0.717, 1.165) is 5.56 Å². The quantitative estimate of drug-likeness (QED) is 0.809. The van der Waals surface area contributed by atoms with Gasteiger partial charge in [-0.15, -0.1) is 0 Å². The molecule has 1 aromatic carbocycles. The summed E-state index contributed by atoms with van der Waals surface area (Å²) < 4.78 is 11.1. The van der Waals surface area contributed by atoms with Gasteiger partial charge < -0.3 is 20.5 Å². The van der Waals surface area contributed by atoms with Crippen LogP contribution in [0.1, 0.15) is 39.3 Å². The maximum Gasteiger partial charge on any atom is 0.237 e. The number of ether oxygens (including phenoxy) is 2. The minimum atomic E-state index is -0.525. The molecule has 0 aliphatic heterocycles. The summed E-state index contributed by atoms with van der Waals surface area (Å²) >= 11 is 0. The smallest absolute Gasteiger partial charge is 0.237 e. The molecule has 0 radical (unpaired) electrons. The summed E-state index contributed by atoms with van der Waals surface area (Å²) in [5.74, 6) is 1.64. The number of carbonyl (C=O) groups is 1. The third-order valence-corrected chi connectivity index (χ3v) is 3.03. The van der Waals surface area contributed by atoms with Crippen LogP contribution in [-0.4, -0.2) is 25.7 Å². The molecule has 0 spiro atoms. The van der Waals surface area contributed by atoms with Crippen molar-refractivity contribution in [2.24, 2.45) is 11.7 Å². The highest BCUT2D eigenvalue weighted by atomic mass is 16.5. The Hall–Kier alpha value is -1.75. The van der Waals surface area contributed by atoms with Crippen molar-refractivity contribution in [2.75, 3.05) is 13.7 Å². The SMILES string of the molecule is COc1cc(C(C)NC(=O)[C@@H](C)N)ccc1OCC(C)C. The van der Waals surface area contributed by atoms with Crippen LogP contribution >= 0.6 is 0 Å². The fourth-order valence-corrected chi connectivity index (χ4v) is 1.76. The van der Waals surface area contributed by atoms with E-state index < -0.39 is 6.04 Å². The van der Waals surface area contributed by atoms with Crippen molar-refractivity contribution in [3.8, 4) is 11.5 Å². The van der Waals surface area contributed by atoms with Gasteiger partial charge in [0, 0.05) is 0 Å². The number of nitrogens with two attached hydrogens (primary N) is 1. The van der Waals surface area contributed by atoms with Gasteiger partial charge >= 0.3 is 0 Å². The van der Waals surface area contributed by atoms with Crippen LogP contribution in [0.3, 0.4) is 0 Å². The number of amides is 1. The van der Waals surface area contributed by atoms with E-state index in [-0.39, 0.29) is 11.9 Å². The van der Waals surface area contributed by atoms with Crippen molar-refractivity contribution in [3.05, 3.63) is 23.8 Å². The molecule has 1 amide bonds. The molecule has 0 aromatic heterocycles. The molecular weight excluding hydrogens is 268 g/mol. The maximum absolute atomic E-state index is 11.6. The van der Waals surface area contributed by atoms with Crippen molar-refractivity contribution in [1.82, 2.24) is 5.32 Å². The third kappa shape index (κ3) is 5.27. The first kappa shape index (κ1) is 17.3. The summed E-state index contributed by atoms with van der Waals surface area (Å²) in [6, 6.07) is 5.00. The average molecular weight is 294 g/mol. The van der Waals surface area contributed by atoms with E-state index in [1.807, 2.05) is 25.1 Å². The Balaban J connectivity index is 2.83. The lowest BCUT2D eigenvalue weighted by Gasteiger charge is -2.18. The van der Waals surface area contributed by atoms with Gasteiger partial charge in [-0.25, -0.2) is 0 Å². The molecule has 118 valence electrons. The molecular formula is C16H26N2O3. The summed E-state index contributed by atoms with van der Waals surface area (Å²) in [5, 5.41) is 2.86. The zero-order chi connectivity index (χ0) is 16.0. The predicted octanol–water partition coefficient (Wildman–Crippen LogP) is 2.25. The molecule has 0 fully saturated rings. The largest absolute Gasteiger partial charge is 0.493 e. The first-order valence-corrected chi connectivity index (χ1v) is 7.21. The van der Waals surface area contributed by atoms with Crippen LogP contribution in [0.15, 0.2) is 18.2 Å². The number of rotatable bonds is 7. The molecule has 2 atom stereocenters. The Morgan fingerprint density at radius 3 is 2.43 bits per heavy atom. The second-order valence-electron chi connectivity index (χ2n) is 5.63. The fraction of sp³-hybridized carbons (Fsp3) is 0.562. The third-order valence-electron chi connectivity index (χ3n) is 3.03. The molecule has 1 aromatic rings. The van der Waals surface area contributed by atoms with E-state index in [4.69, 9.17) is 15.2 Å². The van der Waals surface area contributed by atoms with Crippen molar-refractivity contribution < 1.29 is 14.3 Å². The second-order valence-corrected chi connectivity index (χ2v) is 5.63. The van der Waals surface area contributed by atoms with Crippen LogP contribution in [0, 0.1) is 5.92 Å². The number of carbonyl (C=O) groups excluding carboxylic acids is 1. The molecule has 0 aliphatic carbocycles. The summed E-state index contributed by atoms with van der Waals surface area (Å²) in [6.07, 6.45) is 0. The Morgan fingerprint density at radius 1 is 1.24 bits per heavy atom. The number of hydrogen-bond donors (Lipinski definition) is 2. The second kappa shape index (κ2) is 7.88. The lowest BCUT2D eigenvalue weighted by atomic mass is 10.1. The first-order valence-electron chi connectivity index (χ1n) is 7.21. The van der Waals surface area contributed by atoms with E-state index in [1.54, 1.807) is 14.0 Å². The number of methoxy groups -OCH3 is 1. The van der Waals surface area contributed by atoms with Crippen molar-refractivity contribution in [2.45, 2.75) is 39.8 Å². The molecule has 5 heteroatoms. The number of benzene rings is 1. The molecule has 1 rings (SSSR count). The average Bonchev–Trinajstić information content (AvgIpc) is 2.44. The van der Waals surface area contributed by atoms with Gasteiger partial charge in [0.05, 0.1) is 25.8 Å². The standard InChI is InChI=1S/C16H26N2O3/c1-10(2)9-21-14-7-6-13(8-15(14)20-5)12(4)18-16(19)11(3)17/h6-8,10-12H,9,17H2,1-5H3,(H,18,19)/t11-,12?/m1/s1. The lowest BCUT2D eigenvalue weighted by molar-refractivity contribution is -0.122. The van der Waals surface area contributed by atoms with Gasteiger partial charge in [-0.1, -0.05) is 19.9 Å². The number of hydrogen-bond acceptors (Lipinski definition) is 4. The van der Waals surface area contributed by atoms with Crippen LogP contribution in [0.25, 0.3) is 0 Å². The van der Waals surface area contributed by atoms with Gasteiger partial charge in [0.25, 0.3) is 0 Å². The highest BCUT2D eigenvalue weighted by Crippen LogP contribution is 2.30. The molecule has 0 heterocycles.